The summed E-state index contributed by atoms with van der Waals surface area (Å²) < 4.78 is 0. The van der Waals surface area contributed by atoms with E-state index in [-0.39, 0.29) is 16.3 Å². The molecule has 2 rings (SSSR count). The summed E-state index contributed by atoms with van der Waals surface area (Å²) in [5, 5.41) is 25.4. The van der Waals surface area contributed by atoms with Crippen LogP contribution in [0.2, 0.25) is 5.02 Å². The molecule has 9 nitrogen and oxygen atoms in total. The number of aromatic amines is 2. The third kappa shape index (κ3) is 3.15. The average Bonchev–Trinajstić information content (AvgIpc) is 2.38. The second-order valence-electron chi connectivity index (χ2n) is 3.77. The van der Waals surface area contributed by atoms with E-state index in [1.54, 1.807) is 0 Å². The highest BCUT2D eigenvalue weighted by atomic mass is 35.5. The first kappa shape index (κ1) is 14.5. The Kier molecular flexibility index (Phi) is 3.85. The summed E-state index contributed by atoms with van der Waals surface area (Å²) in [6, 6.07) is 3.82. The first-order valence-corrected chi connectivity index (χ1v) is 5.76. The van der Waals surface area contributed by atoms with Crippen molar-refractivity contribution < 1.29 is 15.0 Å². The number of hydrogen-bond acceptors (Lipinski definition) is 6. The number of carboxylic acids is 1. The first-order valence-electron chi connectivity index (χ1n) is 5.38. The first-order chi connectivity index (χ1) is 9.88. The van der Waals surface area contributed by atoms with Gasteiger partial charge >= 0.3 is 11.7 Å². The second-order valence-corrected chi connectivity index (χ2v) is 4.18. The Morgan fingerprint density at radius 3 is 2.52 bits per heavy atom. The number of hydrogen-bond donors (Lipinski definition) is 4. The largest absolute Gasteiger partial charge is 0.493 e. The van der Waals surface area contributed by atoms with E-state index in [1.807, 2.05) is 9.97 Å². The Morgan fingerprint density at radius 1 is 1.19 bits per heavy atom. The van der Waals surface area contributed by atoms with Crippen LogP contribution >= 0.6 is 11.6 Å². The van der Waals surface area contributed by atoms with Gasteiger partial charge in [-0.2, -0.15) is 5.11 Å². The highest BCUT2D eigenvalue weighted by molar-refractivity contribution is 6.33. The van der Waals surface area contributed by atoms with E-state index in [1.165, 1.54) is 12.1 Å². The highest BCUT2D eigenvalue weighted by Gasteiger charge is 2.10. The van der Waals surface area contributed by atoms with Crippen molar-refractivity contribution in [1.82, 2.24) is 9.97 Å². The molecule has 4 N–H and O–H groups in total. The minimum Gasteiger partial charge on any atom is -0.493 e. The van der Waals surface area contributed by atoms with Crippen LogP contribution in [0.1, 0.15) is 10.4 Å². The van der Waals surface area contributed by atoms with E-state index in [2.05, 4.69) is 10.2 Å². The maximum absolute atomic E-state index is 11.4. The lowest BCUT2D eigenvalue weighted by molar-refractivity contribution is 0.0697. The summed E-state index contributed by atoms with van der Waals surface area (Å²) >= 11 is 5.69. The van der Waals surface area contributed by atoms with Gasteiger partial charge in [0.05, 0.1) is 16.3 Å². The molecule has 0 saturated carbocycles. The highest BCUT2D eigenvalue weighted by Crippen LogP contribution is 2.25. The number of benzene rings is 1. The zero-order valence-electron chi connectivity index (χ0n) is 10.1. The van der Waals surface area contributed by atoms with Gasteiger partial charge in [0, 0.05) is 0 Å². The summed E-state index contributed by atoms with van der Waals surface area (Å²) in [4.78, 5) is 37.0. The van der Waals surface area contributed by atoms with Gasteiger partial charge < -0.3 is 10.2 Å². The van der Waals surface area contributed by atoms with E-state index in [4.69, 9.17) is 16.7 Å². The Balaban J connectivity index is 2.43. The second kappa shape index (κ2) is 5.59. The fourth-order valence-electron chi connectivity index (χ4n) is 1.41. The zero-order chi connectivity index (χ0) is 15.6. The number of carboxylic acid groups (broad SMARTS) is 1. The lowest BCUT2D eigenvalue weighted by Gasteiger charge is -1.99. The Labute approximate surface area is 120 Å². The van der Waals surface area contributed by atoms with Crippen LogP contribution in [-0.2, 0) is 0 Å². The monoisotopic (exact) mass is 310 g/mol. The quantitative estimate of drug-likeness (QED) is 0.634. The molecule has 0 aliphatic rings. The summed E-state index contributed by atoms with van der Waals surface area (Å²) in [7, 11) is 0. The minimum absolute atomic E-state index is 0.0196. The topological polar surface area (TPSA) is 148 Å². The van der Waals surface area contributed by atoms with E-state index in [9.17, 15) is 19.5 Å². The summed E-state index contributed by atoms with van der Waals surface area (Å²) in [6.07, 6.45) is 0. The lowest BCUT2D eigenvalue weighted by atomic mass is 10.2. The summed E-state index contributed by atoms with van der Waals surface area (Å²) in [6.45, 7) is 0. The summed E-state index contributed by atoms with van der Waals surface area (Å²) in [5.41, 5.74) is -2.43. The van der Waals surface area contributed by atoms with E-state index >= 15 is 0 Å². The van der Waals surface area contributed by atoms with Crippen LogP contribution in [-0.4, -0.2) is 26.2 Å². The van der Waals surface area contributed by atoms with Gasteiger partial charge in [0.1, 0.15) is 0 Å². The molecule has 0 aliphatic heterocycles. The smallest absolute Gasteiger partial charge is 0.337 e. The lowest BCUT2D eigenvalue weighted by Crippen LogP contribution is -2.20. The minimum atomic E-state index is -1.25. The molecule has 0 fully saturated rings. The molecule has 108 valence electrons. The number of aromatic hydroxyl groups is 1. The van der Waals surface area contributed by atoms with Crippen molar-refractivity contribution in [3.8, 4) is 5.88 Å². The number of rotatable bonds is 3. The normalized spacial score (nSPS) is 10.9. The molecule has 10 heteroatoms. The maximum Gasteiger partial charge on any atom is 0.337 e. The Morgan fingerprint density at radius 2 is 1.90 bits per heavy atom. The molecule has 0 spiro atoms. The van der Waals surface area contributed by atoms with Crippen molar-refractivity contribution in [1.29, 1.82) is 0 Å². The number of H-pyrrole nitrogens is 2. The number of aromatic carboxylic acids is 1. The van der Waals surface area contributed by atoms with Crippen molar-refractivity contribution in [3.63, 3.8) is 0 Å². The van der Waals surface area contributed by atoms with Gasteiger partial charge in [0.25, 0.3) is 5.56 Å². The van der Waals surface area contributed by atoms with Gasteiger partial charge in [-0.1, -0.05) is 11.6 Å². The van der Waals surface area contributed by atoms with Gasteiger partial charge in [0.15, 0.2) is 0 Å². The van der Waals surface area contributed by atoms with Gasteiger partial charge in [-0.05, 0) is 18.2 Å². The van der Waals surface area contributed by atoms with Crippen molar-refractivity contribution in [2.24, 2.45) is 10.2 Å². The molecule has 1 heterocycles. The van der Waals surface area contributed by atoms with Crippen LogP contribution in [0.3, 0.4) is 0 Å². The maximum atomic E-state index is 11.4. The predicted molar refractivity (Wildman–Crippen MR) is 71.9 cm³/mol. The van der Waals surface area contributed by atoms with E-state index < -0.39 is 28.8 Å². The molecule has 0 saturated heterocycles. The van der Waals surface area contributed by atoms with Crippen LogP contribution < -0.4 is 11.2 Å². The van der Waals surface area contributed by atoms with Crippen molar-refractivity contribution >= 4 is 28.9 Å². The number of nitrogens with zero attached hydrogens (tertiary/aromatic N) is 2. The summed E-state index contributed by atoms with van der Waals surface area (Å²) in [5.74, 6) is -2.00. The third-order valence-electron chi connectivity index (χ3n) is 2.34. The molecule has 1 aromatic heterocycles. The van der Waals surface area contributed by atoms with Crippen LogP contribution in [0, 0.1) is 0 Å². The van der Waals surface area contributed by atoms with Crippen LogP contribution in [0.15, 0.2) is 38.0 Å². The van der Waals surface area contributed by atoms with Gasteiger partial charge in [0.2, 0.25) is 11.6 Å². The molecule has 1 aromatic carbocycles. The SMILES string of the molecule is O=C(O)c1cc(N=Nc2c(O)[nH]c(=O)[nH]c2=O)ccc1Cl. The fourth-order valence-corrected chi connectivity index (χ4v) is 1.61. The predicted octanol–water partition coefficient (Wildman–Crippen LogP) is 1.54. The fraction of sp³-hybridized carbons (Fsp3) is 0. The van der Waals surface area contributed by atoms with E-state index in [0.717, 1.165) is 6.07 Å². The van der Waals surface area contributed by atoms with Gasteiger partial charge in [-0.25, -0.2) is 9.59 Å². The molecule has 21 heavy (non-hydrogen) atoms. The van der Waals surface area contributed by atoms with Gasteiger partial charge in [-0.15, -0.1) is 5.11 Å². The van der Waals surface area contributed by atoms with Crippen molar-refractivity contribution in [2.45, 2.75) is 0 Å². The molecular weight excluding hydrogens is 304 g/mol. The van der Waals surface area contributed by atoms with Crippen LogP contribution in [0.4, 0.5) is 11.4 Å². The number of halogens is 1. The molecular formula is C11H7ClN4O5. The molecule has 0 bridgehead atoms. The number of azo groups is 1. The number of nitrogens with one attached hydrogen (secondary N) is 2. The molecule has 0 unspecified atom stereocenters. The number of carbonyl (C=O) groups is 1. The van der Waals surface area contributed by atoms with E-state index in [0.29, 0.717) is 0 Å². The molecule has 0 amide bonds. The third-order valence-corrected chi connectivity index (χ3v) is 2.67. The molecule has 2 aromatic rings. The Bertz CT molecular complexity index is 854. The van der Waals surface area contributed by atoms with Gasteiger partial charge in [-0.3, -0.25) is 14.8 Å². The standard InChI is InChI=1S/C11H7ClN4O5/c12-6-2-1-4(3-5(6)10(19)20)15-16-7-8(17)13-11(21)14-9(7)18/h1-3H,(H,19,20)(H3,13,14,17,18,21). The zero-order valence-corrected chi connectivity index (χ0v) is 10.9. The average molecular weight is 311 g/mol. The van der Waals surface area contributed by atoms with Crippen molar-refractivity contribution in [2.75, 3.05) is 0 Å². The Hall–Kier alpha value is -2.94. The molecule has 0 atom stereocenters. The van der Waals surface area contributed by atoms with Crippen LogP contribution in [0.25, 0.3) is 0 Å². The molecule has 0 aliphatic carbocycles. The molecule has 0 radical (unpaired) electrons. The van der Waals surface area contributed by atoms with Crippen molar-refractivity contribution in [3.05, 3.63) is 49.6 Å². The number of aromatic nitrogens is 2. The van der Waals surface area contributed by atoms with Crippen LogP contribution in [0.5, 0.6) is 5.88 Å².